The molecule has 2 aliphatic heterocycles. The number of piperidine rings is 1. The van der Waals surface area contributed by atoms with Crippen LogP contribution in [-0.4, -0.2) is 49.3 Å². The zero-order valence-electron chi connectivity index (χ0n) is 13.3. The Morgan fingerprint density at radius 1 is 1.24 bits per heavy atom. The number of ether oxygens (including phenoxy) is 2. The second-order valence-electron chi connectivity index (χ2n) is 7.13. The number of carbonyl (C=O) groups is 1. The van der Waals surface area contributed by atoms with Gasteiger partial charge in [0, 0.05) is 19.2 Å². The van der Waals surface area contributed by atoms with Crippen molar-refractivity contribution in [2.75, 3.05) is 26.4 Å². The van der Waals surface area contributed by atoms with Crippen LogP contribution in [0, 0.1) is 11.8 Å². The summed E-state index contributed by atoms with van der Waals surface area (Å²) in [4.78, 5) is 14.6. The summed E-state index contributed by atoms with van der Waals surface area (Å²) in [6, 6.07) is 0.480. The lowest BCUT2D eigenvalue weighted by Gasteiger charge is -2.45. The lowest BCUT2D eigenvalue weighted by atomic mass is 9.74. The van der Waals surface area contributed by atoms with Gasteiger partial charge >= 0.3 is 0 Å². The van der Waals surface area contributed by atoms with Crippen LogP contribution in [0.25, 0.3) is 0 Å². The van der Waals surface area contributed by atoms with Gasteiger partial charge in [0.1, 0.15) is 6.61 Å². The summed E-state index contributed by atoms with van der Waals surface area (Å²) < 4.78 is 11.1. The van der Waals surface area contributed by atoms with E-state index in [9.17, 15) is 4.79 Å². The number of likely N-dealkylation sites (tertiary alicyclic amines) is 1. The van der Waals surface area contributed by atoms with E-state index in [1.54, 1.807) is 0 Å². The Morgan fingerprint density at radius 3 is 2.95 bits per heavy atom. The van der Waals surface area contributed by atoms with Gasteiger partial charge in [-0.25, -0.2) is 0 Å². The van der Waals surface area contributed by atoms with Crippen LogP contribution in [0.3, 0.4) is 0 Å². The van der Waals surface area contributed by atoms with Gasteiger partial charge in [-0.1, -0.05) is 6.92 Å². The highest BCUT2D eigenvalue weighted by Gasteiger charge is 2.37. The molecule has 1 saturated carbocycles. The first-order chi connectivity index (χ1) is 10.2. The maximum Gasteiger partial charge on any atom is 0.248 e. The Hall–Kier alpha value is -0.610. The Labute approximate surface area is 128 Å². The predicted octanol–water partition coefficient (Wildman–Crippen LogP) is 2.61. The minimum Gasteiger partial charge on any atom is -0.376 e. The molecule has 0 N–H and O–H groups in total. The number of hydrogen-bond donors (Lipinski definition) is 0. The second kappa shape index (κ2) is 7.10. The number of nitrogens with zero attached hydrogens (tertiary/aromatic N) is 1. The largest absolute Gasteiger partial charge is 0.376 e. The molecule has 0 aromatic rings. The van der Waals surface area contributed by atoms with Crippen LogP contribution >= 0.6 is 0 Å². The molecule has 0 bridgehead atoms. The molecule has 4 nitrogen and oxygen atoms in total. The van der Waals surface area contributed by atoms with Gasteiger partial charge in [0.05, 0.1) is 12.7 Å². The molecular weight excluding hydrogens is 266 g/mol. The first-order valence-electron chi connectivity index (χ1n) is 8.73. The summed E-state index contributed by atoms with van der Waals surface area (Å²) in [5.41, 5.74) is 0. The van der Waals surface area contributed by atoms with E-state index in [4.69, 9.17) is 9.47 Å². The molecule has 21 heavy (non-hydrogen) atoms. The van der Waals surface area contributed by atoms with Crippen LogP contribution in [0.5, 0.6) is 0 Å². The summed E-state index contributed by atoms with van der Waals surface area (Å²) in [7, 11) is 0. The van der Waals surface area contributed by atoms with Gasteiger partial charge in [-0.05, 0) is 56.8 Å². The first-order valence-corrected chi connectivity index (χ1v) is 8.73. The maximum absolute atomic E-state index is 12.5. The van der Waals surface area contributed by atoms with Crippen molar-refractivity contribution in [1.82, 2.24) is 4.90 Å². The minimum absolute atomic E-state index is 0.192. The van der Waals surface area contributed by atoms with Crippen molar-refractivity contribution in [3.8, 4) is 0 Å². The van der Waals surface area contributed by atoms with E-state index < -0.39 is 0 Å². The van der Waals surface area contributed by atoms with Crippen molar-refractivity contribution >= 4 is 5.91 Å². The quantitative estimate of drug-likeness (QED) is 0.800. The molecule has 4 unspecified atom stereocenters. The van der Waals surface area contributed by atoms with E-state index in [0.29, 0.717) is 12.6 Å². The summed E-state index contributed by atoms with van der Waals surface area (Å²) in [6.45, 7) is 4.93. The van der Waals surface area contributed by atoms with Gasteiger partial charge < -0.3 is 14.4 Å². The lowest BCUT2D eigenvalue weighted by Crippen LogP contribution is -2.51. The van der Waals surface area contributed by atoms with E-state index in [-0.39, 0.29) is 18.6 Å². The highest BCUT2D eigenvalue weighted by Crippen LogP contribution is 2.37. The van der Waals surface area contributed by atoms with E-state index in [2.05, 4.69) is 11.8 Å². The Bertz CT molecular complexity index is 354. The average Bonchev–Trinajstić information content (AvgIpc) is 2.99. The molecule has 0 spiro atoms. The highest BCUT2D eigenvalue weighted by atomic mass is 16.5. The number of rotatable bonds is 4. The van der Waals surface area contributed by atoms with Crippen molar-refractivity contribution in [3.63, 3.8) is 0 Å². The van der Waals surface area contributed by atoms with Crippen molar-refractivity contribution in [2.45, 2.75) is 64.0 Å². The molecule has 2 heterocycles. The minimum atomic E-state index is 0.192. The average molecular weight is 295 g/mol. The molecule has 3 aliphatic rings. The summed E-state index contributed by atoms with van der Waals surface area (Å²) >= 11 is 0. The van der Waals surface area contributed by atoms with Gasteiger partial charge in [0.2, 0.25) is 5.91 Å². The topological polar surface area (TPSA) is 38.8 Å². The van der Waals surface area contributed by atoms with E-state index in [1.807, 2.05) is 0 Å². The zero-order valence-corrected chi connectivity index (χ0v) is 13.3. The number of amides is 1. The zero-order chi connectivity index (χ0) is 14.7. The molecule has 0 aromatic carbocycles. The normalized spacial score (nSPS) is 36.5. The van der Waals surface area contributed by atoms with Crippen molar-refractivity contribution in [1.29, 1.82) is 0 Å². The van der Waals surface area contributed by atoms with Crippen LogP contribution in [0.4, 0.5) is 0 Å². The summed E-state index contributed by atoms with van der Waals surface area (Å²) in [6.07, 6.45) is 8.61. The van der Waals surface area contributed by atoms with Gasteiger partial charge in [-0.3, -0.25) is 4.79 Å². The molecular formula is C17H29NO3. The Balaban J connectivity index is 1.46. The molecule has 1 aliphatic carbocycles. The van der Waals surface area contributed by atoms with E-state index in [0.717, 1.165) is 44.2 Å². The first kappa shape index (κ1) is 15.3. The molecule has 1 amide bonds. The fourth-order valence-electron chi connectivity index (χ4n) is 4.34. The predicted molar refractivity (Wildman–Crippen MR) is 81.0 cm³/mol. The van der Waals surface area contributed by atoms with Crippen molar-refractivity contribution in [2.24, 2.45) is 11.8 Å². The van der Waals surface area contributed by atoms with Crippen LogP contribution in [0.15, 0.2) is 0 Å². The fraction of sp³-hybridized carbons (Fsp3) is 0.941. The third kappa shape index (κ3) is 3.78. The van der Waals surface area contributed by atoms with Crippen molar-refractivity contribution < 1.29 is 14.3 Å². The lowest BCUT2D eigenvalue weighted by molar-refractivity contribution is -0.144. The smallest absolute Gasteiger partial charge is 0.248 e. The molecule has 120 valence electrons. The summed E-state index contributed by atoms with van der Waals surface area (Å²) in [5, 5.41) is 0. The third-order valence-electron chi connectivity index (χ3n) is 5.45. The molecule has 2 saturated heterocycles. The molecule has 4 atom stereocenters. The molecule has 3 fully saturated rings. The van der Waals surface area contributed by atoms with Crippen molar-refractivity contribution in [3.05, 3.63) is 0 Å². The molecule has 3 rings (SSSR count). The molecule has 0 radical (unpaired) electrons. The maximum atomic E-state index is 12.5. The van der Waals surface area contributed by atoms with Crippen LogP contribution in [0.1, 0.15) is 51.9 Å². The standard InChI is InChI=1S/C17H29NO3/c1-13-6-7-16-14(10-13)4-2-8-18(16)17(19)12-20-11-15-5-3-9-21-15/h13-16H,2-12H2,1H3. The number of carbonyl (C=O) groups excluding carboxylic acids is 1. The third-order valence-corrected chi connectivity index (χ3v) is 5.45. The summed E-state index contributed by atoms with van der Waals surface area (Å²) in [5.74, 6) is 1.75. The Morgan fingerprint density at radius 2 is 2.14 bits per heavy atom. The molecule has 4 heteroatoms. The van der Waals surface area contributed by atoms with Crippen LogP contribution in [-0.2, 0) is 14.3 Å². The van der Waals surface area contributed by atoms with E-state index >= 15 is 0 Å². The highest BCUT2D eigenvalue weighted by molar-refractivity contribution is 5.78. The SMILES string of the molecule is CC1CCC2C(CCCN2C(=O)COCC2CCCO2)C1. The van der Waals surface area contributed by atoms with Crippen LogP contribution < -0.4 is 0 Å². The monoisotopic (exact) mass is 295 g/mol. The number of fused-ring (bicyclic) bond motifs is 1. The van der Waals surface area contributed by atoms with Gasteiger partial charge in [0.25, 0.3) is 0 Å². The fourth-order valence-corrected chi connectivity index (χ4v) is 4.34. The van der Waals surface area contributed by atoms with Crippen LogP contribution in [0.2, 0.25) is 0 Å². The van der Waals surface area contributed by atoms with E-state index in [1.165, 1.54) is 25.7 Å². The van der Waals surface area contributed by atoms with Gasteiger partial charge in [0.15, 0.2) is 0 Å². The Kier molecular flexibility index (Phi) is 5.17. The number of hydrogen-bond acceptors (Lipinski definition) is 3. The van der Waals surface area contributed by atoms with Gasteiger partial charge in [-0.15, -0.1) is 0 Å². The van der Waals surface area contributed by atoms with Gasteiger partial charge in [-0.2, -0.15) is 0 Å². The second-order valence-corrected chi connectivity index (χ2v) is 7.13. The molecule has 0 aromatic heterocycles.